The van der Waals surface area contributed by atoms with Gasteiger partial charge in [-0.05, 0) is 62.4 Å². The minimum atomic E-state index is -3.81. The Morgan fingerprint density at radius 1 is 0.980 bits per heavy atom. The maximum Gasteiger partial charge on any atom is 0.327 e. The summed E-state index contributed by atoms with van der Waals surface area (Å²) < 4.78 is 52.1. The highest BCUT2D eigenvalue weighted by Gasteiger charge is 2.35. The number of aromatic nitrogens is 2. The standard InChI is InChI=1S/C34H40FN7O8S/c1-21(41(28-15-14-25(49-3)20-29(28)50-4)34(46)36-24-12-10-23(35)11-13-24)31-37-27-9-7-6-8-26(27)32(44)42(31)40-18-16-39(17-19-40)33(45)30(22(2)43)38-51(5,47)48/h6-15,20-22,30,38,43H,16-19H2,1-5H3,(H,36,46)/t21?,22-,30-/m0/s1. The largest absolute Gasteiger partial charge is 0.497 e. The van der Waals surface area contributed by atoms with Gasteiger partial charge in [0.05, 0.1) is 62.3 Å². The van der Waals surface area contributed by atoms with Crippen LogP contribution >= 0.6 is 0 Å². The second kappa shape index (κ2) is 15.3. The molecule has 51 heavy (non-hydrogen) atoms. The molecule has 0 bridgehead atoms. The Morgan fingerprint density at radius 3 is 2.25 bits per heavy atom. The van der Waals surface area contributed by atoms with Crippen molar-refractivity contribution in [2.24, 2.45) is 0 Å². The summed E-state index contributed by atoms with van der Waals surface area (Å²) in [6, 6.07) is 14.0. The van der Waals surface area contributed by atoms with E-state index in [1.165, 1.54) is 59.9 Å². The Labute approximate surface area is 294 Å². The van der Waals surface area contributed by atoms with Gasteiger partial charge >= 0.3 is 6.03 Å². The molecule has 0 spiro atoms. The van der Waals surface area contributed by atoms with Gasteiger partial charge in [-0.15, -0.1) is 0 Å². The summed E-state index contributed by atoms with van der Waals surface area (Å²) in [6.07, 6.45) is -0.396. The van der Waals surface area contributed by atoms with Crippen molar-refractivity contribution >= 4 is 44.2 Å². The van der Waals surface area contributed by atoms with Gasteiger partial charge in [0.2, 0.25) is 15.9 Å². The van der Waals surface area contributed by atoms with Gasteiger partial charge in [-0.3, -0.25) is 14.5 Å². The number of para-hydroxylation sites is 1. The zero-order valence-corrected chi connectivity index (χ0v) is 29.6. The molecule has 1 unspecified atom stereocenters. The van der Waals surface area contributed by atoms with Crippen LogP contribution in [0.5, 0.6) is 11.5 Å². The SMILES string of the molecule is COc1ccc(N(C(=O)Nc2ccc(F)cc2)C(C)c2nc3ccccc3c(=O)n2N2CCN(C(=O)[C@@H](NS(C)(=O)=O)[C@H](C)O)CC2)c(OC)c1. The number of aliphatic hydroxyl groups excluding tert-OH is 1. The van der Waals surface area contributed by atoms with Gasteiger partial charge in [0.25, 0.3) is 5.56 Å². The molecular weight excluding hydrogens is 685 g/mol. The van der Waals surface area contributed by atoms with Crippen LogP contribution in [0.15, 0.2) is 71.5 Å². The number of anilines is 2. The van der Waals surface area contributed by atoms with Crippen LogP contribution in [0.25, 0.3) is 10.9 Å². The maximum absolute atomic E-state index is 14.3. The monoisotopic (exact) mass is 725 g/mol. The minimum absolute atomic E-state index is 0.0850. The lowest BCUT2D eigenvalue weighted by atomic mass is 10.1. The van der Waals surface area contributed by atoms with Crippen LogP contribution < -0.4 is 35.0 Å². The van der Waals surface area contributed by atoms with Crippen molar-refractivity contribution in [2.75, 3.05) is 61.9 Å². The van der Waals surface area contributed by atoms with Crippen molar-refractivity contribution < 1.29 is 37.0 Å². The molecule has 1 aliphatic rings. The molecule has 15 nitrogen and oxygen atoms in total. The summed E-state index contributed by atoms with van der Waals surface area (Å²) >= 11 is 0. The van der Waals surface area contributed by atoms with Gasteiger partial charge in [-0.2, -0.15) is 0 Å². The maximum atomic E-state index is 14.3. The molecule has 3 atom stereocenters. The predicted molar refractivity (Wildman–Crippen MR) is 190 cm³/mol. The number of fused-ring (bicyclic) bond motifs is 1. The second-order valence-corrected chi connectivity index (χ2v) is 13.8. The van der Waals surface area contributed by atoms with Gasteiger partial charge in [-0.25, -0.2) is 32.0 Å². The van der Waals surface area contributed by atoms with E-state index in [4.69, 9.17) is 14.5 Å². The summed E-state index contributed by atoms with van der Waals surface area (Å²) in [5.74, 6) is -0.143. The van der Waals surface area contributed by atoms with E-state index < -0.39 is 51.5 Å². The number of carbonyl (C=O) groups excluding carboxylic acids is 2. The molecule has 2 heterocycles. The number of hydrogen-bond acceptors (Lipinski definition) is 10. The van der Waals surface area contributed by atoms with Gasteiger partial charge in [0.1, 0.15) is 23.4 Å². The summed E-state index contributed by atoms with van der Waals surface area (Å²) in [4.78, 5) is 49.5. The lowest BCUT2D eigenvalue weighted by molar-refractivity contribution is -0.135. The molecule has 0 aliphatic carbocycles. The van der Waals surface area contributed by atoms with Crippen LogP contribution in [0.2, 0.25) is 0 Å². The molecule has 3 amide bonds. The first kappa shape index (κ1) is 37.0. The third-order valence-corrected chi connectivity index (χ3v) is 9.12. The second-order valence-electron chi connectivity index (χ2n) is 12.0. The Balaban J connectivity index is 1.57. The van der Waals surface area contributed by atoms with Crippen LogP contribution in [0.4, 0.5) is 20.6 Å². The zero-order valence-electron chi connectivity index (χ0n) is 28.7. The number of piperazine rings is 1. The summed E-state index contributed by atoms with van der Waals surface area (Å²) in [7, 11) is -0.872. The van der Waals surface area contributed by atoms with Crippen molar-refractivity contribution in [2.45, 2.75) is 32.0 Å². The molecule has 0 saturated carbocycles. The quantitative estimate of drug-likeness (QED) is 0.208. The number of carbonyl (C=O) groups is 2. The van der Waals surface area contributed by atoms with Gasteiger partial charge in [0, 0.05) is 24.8 Å². The highest BCUT2D eigenvalue weighted by atomic mass is 32.2. The summed E-state index contributed by atoms with van der Waals surface area (Å²) in [5, 5.41) is 15.0. The third kappa shape index (κ3) is 8.22. The molecule has 1 aromatic heterocycles. The van der Waals surface area contributed by atoms with Gasteiger partial charge in [0.15, 0.2) is 5.82 Å². The summed E-state index contributed by atoms with van der Waals surface area (Å²) in [6.45, 7) is 3.45. The Kier molecular flexibility index (Phi) is 11.1. The van der Waals surface area contributed by atoms with Crippen LogP contribution in [0.3, 0.4) is 0 Å². The number of sulfonamides is 1. The fraction of sp³-hybridized carbons (Fsp3) is 0.353. The molecule has 5 rings (SSSR count). The van der Waals surface area contributed by atoms with E-state index >= 15 is 0 Å². The summed E-state index contributed by atoms with van der Waals surface area (Å²) in [5.41, 5.74) is 0.610. The Morgan fingerprint density at radius 2 is 1.65 bits per heavy atom. The number of aliphatic hydroxyl groups is 1. The van der Waals surface area contributed by atoms with Crippen LogP contribution in [0, 0.1) is 5.82 Å². The average molecular weight is 726 g/mol. The number of amides is 3. The normalized spacial score (nSPS) is 15.2. The molecule has 3 N–H and O–H groups in total. The number of urea groups is 1. The van der Waals surface area contributed by atoms with Crippen molar-refractivity contribution in [3.63, 3.8) is 0 Å². The lowest BCUT2D eigenvalue weighted by Crippen LogP contribution is -2.61. The number of methoxy groups -OCH3 is 2. The fourth-order valence-corrected chi connectivity index (χ4v) is 6.65. The molecule has 0 radical (unpaired) electrons. The van der Waals surface area contributed by atoms with E-state index in [0.717, 1.165) is 6.26 Å². The molecule has 1 fully saturated rings. The molecular formula is C34H40FN7O8S. The van der Waals surface area contributed by atoms with Crippen molar-refractivity contribution in [3.8, 4) is 11.5 Å². The number of hydrogen-bond donors (Lipinski definition) is 3. The first-order valence-corrected chi connectivity index (χ1v) is 17.9. The fourth-order valence-electron chi connectivity index (χ4n) is 5.89. The van der Waals surface area contributed by atoms with E-state index in [1.807, 2.05) is 0 Å². The number of benzene rings is 3. The van der Waals surface area contributed by atoms with Crippen LogP contribution in [0.1, 0.15) is 25.7 Å². The minimum Gasteiger partial charge on any atom is -0.497 e. The smallest absolute Gasteiger partial charge is 0.327 e. The first-order valence-electron chi connectivity index (χ1n) is 16.0. The van der Waals surface area contributed by atoms with Crippen molar-refractivity contribution in [1.29, 1.82) is 0 Å². The molecule has 3 aromatic carbocycles. The Bertz CT molecular complexity index is 2070. The first-order chi connectivity index (χ1) is 24.2. The number of nitrogens with one attached hydrogen (secondary N) is 2. The Hall–Kier alpha value is -5.26. The van der Waals surface area contributed by atoms with E-state index in [9.17, 15) is 32.3 Å². The van der Waals surface area contributed by atoms with E-state index in [1.54, 1.807) is 54.4 Å². The molecule has 4 aromatic rings. The van der Waals surface area contributed by atoms with E-state index in [0.29, 0.717) is 28.0 Å². The number of ether oxygens (including phenoxy) is 2. The molecule has 1 aliphatic heterocycles. The number of nitrogens with zero attached hydrogens (tertiary/aromatic N) is 5. The molecule has 272 valence electrons. The predicted octanol–water partition coefficient (Wildman–Crippen LogP) is 2.43. The lowest BCUT2D eigenvalue weighted by Gasteiger charge is -2.40. The third-order valence-electron chi connectivity index (χ3n) is 8.44. The highest BCUT2D eigenvalue weighted by Crippen LogP contribution is 2.37. The van der Waals surface area contributed by atoms with E-state index in [2.05, 4.69) is 10.0 Å². The topological polar surface area (TPSA) is 176 Å². The number of halogens is 1. The average Bonchev–Trinajstić information content (AvgIpc) is 3.11. The van der Waals surface area contributed by atoms with Crippen LogP contribution in [-0.4, -0.2) is 98.8 Å². The van der Waals surface area contributed by atoms with Crippen molar-refractivity contribution in [1.82, 2.24) is 19.3 Å². The highest BCUT2D eigenvalue weighted by molar-refractivity contribution is 7.88. The molecule has 17 heteroatoms. The number of rotatable bonds is 11. The van der Waals surface area contributed by atoms with Crippen LogP contribution in [-0.2, 0) is 14.8 Å². The zero-order chi connectivity index (χ0) is 37.0. The van der Waals surface area contributed by atoms with Crippen molar-refractivity contribution in [3.05, 3.63) is 88.7 Å². The molecule has 1 saturated heterocycles. The van der Waals surface area contributed by atoms with Gasteiger partial charge < -0.3 is 29.8 Å². The van der Waals surface area contributed by atoms with Gasteiger partial charge in [-0.1, -0.05) is 12.1 Å². The van der Waals surface area contributed by atoms with E-state index in [-0.39, 0.29) is 37.8 Å².